The maximum Gasteiger partial charge on any atom is -0.00332 e. The van der Waals surface area contributed by atoms with Crippen LogP contribution in [0.25, 0.3) is 0 Å². The largest absolute Gasteiger partial charge is 0.0966 e. The predicted molar refractivity (Wildman–Crippen MR) is 39.4 cm³/mol. The molecule has 34 valence electrons. The lowest BCUT2D eigenvalue weighted by Crippen LogP contribution is -1.33. The Morgan fingerprint density at radius 2 is 1.60 bits per heavy atom. The van der Waals surface area contributed by atoms with E-state index in [2.05, 4.69) is 45.4 Å². The van der Waals surface area contributed by atoms with Crippen molar-refractivity contribution in [3.05, 3.63) is 0 Å². The standard InChI is InChI=1S/C2H5I.CH3Br/c1-2-3;1-2/h2H2,1H3;1H3. The summed E-state index contributed by atoms with van der Waals surface area (Å²) in [4.78, 5) is 0. The highest BCUT2D eigenvalue weighted by Gasteiger charge is 1.38. The molecule has 0 bridgehead atoms. The molecule has 0 saturated heterocycles. The topological polar surface area (TPSA) is 0 Å². The zero-order valence-corrected chi connectivity index (χ0v) is 7.21. The van der Waals surface area contributed by atoms with Crippen molar-refractivity contribution in [2.45, 2.75) is 6.92 Å². The summed E-state index contributed by atoms with van der Waals surface area (Å²) < 4.78 is 1.22. The van der Waals surface area contributed by atoms with Crippen LogP contribution in [0.4, 0.5) is 0 Å². The molecule has 5 heavy (non-hydrogen) atoms. The van der Waals surface area contributed by atoms with Crippen molar-refractivity contribution in [3.8, 4) is 0 Å². The number of hydrogen-bond acceptors (Lipinski definition) is 0. The van der Waals surface area contributed by atoms with Gasteiger partial charge in [0.15, 0.2) is 0 Å². The molecule has 0 N–H and O–H groups in total. The van der Waals surface area contributed by atoms with Gasteiger partial charge in [-0.3, -0.25) is 0 Å². The van der Waals surface area contributed by atoms with Crippen molar-refractivity contribution in [2.24, 2.45) is 0 Å². The summed E-state index contributed by atoms with van der Waals surface area (Å²) in [6.45, 7) is 2.11. The van der Waals surface area contributed by atoms with Crippen LogP contribution in [0, 0.1) is 0 Å². The lowest BCUT2D eigenvalue weighted by atomic mass is 11.0. The Kier molecular flexibility index (Phi) is 36.0. The van der Waals surface area contributed by atoms with E-state index in [0.29, 0.717) is 0 Å². The van der Waals surface area contributed by atoms with Gasteiger partial charge in [-0.1, -0.05) is 45.4 Å². The van der Waals surface area contributed by atoms with Crippen LogP contribution in [-0.2, 0) is 0 Å². The second kappa shape index (κ2) is 18.9. The number of hydrogen-bond donors (Lipinski definition) is 0. The smallest absolute Gasteiger partial charge is 0.00332 e. The zero-order valence-electron chi connectivity index (χ0n) is 3.46. The molecule has 0 fully saturated rings. The van der Waals surface area contributed by atoms with E-state index in [-0.39, 0.29) is 0 Å². The molecular formula is C3H8BrI. The molecule has 0 aliphatic rings. The van der Waals surface area contributed by atoms with Crippen molar-refractivity contribution in [1.29, 1.82) is 0 Å². The maximum atomic E-state index is 2.94. The van der Waals surface area contributed by atoms with Crippen LogP contribution in [-0.4, -0.2) is 10.3 Å². The quantitative estimate of drug-likeness (QED) is 0.458. The van der Waals surface area contributed by atoms with Gasteiger partial charge in [0, 0.05) is 0 Å². The first-order valence-corrected chi connectivity index (χ1v) is 4.46. The highest BCUT2D eigenvalue weighted by Crippen LogP contribution is 1.69. The van der Waals surface area contributed by atoms with E-state index in [1.54, 1.807) is 0 Å². The first-order chi connectivity index (χ1) is 2.41. The first-order valence-electron chi connectivity index (χ1n) is 1.35. The van der Waals surface area contributed by atoms with Gasteiger partial charge in [-0.2, -0.15) is 0 Å². The molecule has 0 aliphatic heterocycles. The van der Waals surface area contributed by atoms with Gasteiger partial charge in [0.05, 0.1) is 0 Å². The van der Waals surface area contributed by atoms with E-state index in [1.807, 2.05) is 5.83 Å². The van der Waals surface area contributed by atoms with Crippen LogP contribution in [0.3, 0.4) is 0 Å². The Labute approximate surface area is 55.6 Å². The number of rotatable bonds is 0. The van der Waals surface area contributed by atoms with Gasteiger partial charge in [-0.25, -0.2) is 0 Å². The Morgan fingerprint density at radius 3 is 1.60 bits per heavy atom. The maximum absolute atomic E-state index is 2.94. The Morgan fingerprint density at radius 1 is 1.60 bits per heavy atom. The fourth-order valence-electron chi connectivity index (χ4n) is 0. The Balaban J connectivity index is 0. The third-order valence-corrected chi connectivity index (χ3v) is 0. The van der Waals surface area contributed by atoms with Gasteiger partial charge < -0.3 is 0 Å². The monoisotopic (exact) mass is 250 g/mol. The number of halogens is 2. The molecule has 0 amide bonds. The van der Waals surface area contributed by atoms with Crippen LogP contribution < -0.4 is 0 Å². The van der Waals surface area contributed by atoms with Crippen LogP contribution in [0.1, 0.15) is 6.92 Å². The molecule has 0 rings (SSSR count). The molecule has 0 aromatic heterocycles. The minimum absolute atomic E-state index is 1.22. The van der Waals surface area contributed by atoms with E-state index < -0.39 is 0 Å². The number of alkyl halides is 2. The zero-order chi connectivity index (χ0) is 4.71. The molecular weight excluding hydrogens is 243 g/mol. The van der Waals surface area contributed by atoms with Gasteiger partial charge in [0.25, 0.3) is 0 Å². The van der Waals surface area contributed by atoms with Crippen molar-refractivity contribution in [2.75, 3.05) is 10.3 Å². The Bertz CT molecular complexity index is 6.85. The molecule has 0 unspecified atom stereocenters. The SMILES string of the molecule is CBr.CCI. The summed E-state index contributed by atoms with van der Waals surface area (Å²) in [5, 5.41) is 0. The normalized spacial score (nSPS) is 4.80. The summed E-state index contributed by atoms with van der Waals surface area (Å²) in [6.07, 6.45) is 0. The van der Waals surface area contributed by atoms with Gasteiger partial charge >= 0.3 is 0 Å². The van der Waals surface area contributed by atoms with Crippen LogP contribution >= 0.6 is 38.5 Å². The van der Waals surface area contributed by atoms with E-state index in [9.17, 15) is 0 Å². The lowest BCUT2D eigenvalue weighted by Gasteiger charge is -1.45. The summed E-state index contributed by atoms with van der Waals surface area (Å²) >= 11 is 5.23. The molecule has 0 radical (unpaired) electrons. The van der Waals surface area contributed by atoms with E-state index >= 15 is 0 Å². The van der Waals surface area contributed by atoms with Crippen molar-refractivity contribution in [3.63, 3.8) is 0 Å². The molecule has 0 aromatic carbocycles. The average molecular weight is 251 g/mol. The minimum Gasteiger partial charge on any atom is -0.0966 e. The Hall–Kier alpha value is 1.21. The molecule has 0 atom stereocenters. The van der Waals surface area contributed by atoms with Crippen molar-refractivity contribution < 1.29 is 0 Å². The fourth-order valence-corrected chi connectivity index (χ4v) is 0. The van der Waals surface area contributed by atoms with Gasteiger partial charge in [-0.15, -0.1) is 0 Å². The summed E-state index contributed by atoms with van der Waals surface area (Å²) in [6, 6.07) is 0. The molecule has 0 nitrogen and oxygen atoms in total. The van der Waals surface area contributed by atoms with E-state index in [4.69, 9.17) is 0 Å². The molecule has 2 heteroatoms. The van der Waals surface area contributed by atoms with Crippen molar-refractivity contribution in [1.82, 2.24) is 0 Å². The minimum atomic E-state index is 1.22. The van der Waals surface area contributed by atoms with Crippen LogP contribution in [0.5, 0.6) is 0 Å². The predicted octanol–water partition coefficient (Wildman–Crippen LogP) is 2.45. The molecule has 0 saturated carbocycles. The average Bonchev–Trinajstić information content (AvgIpc) is 1.46. The summed E-state index contributed by atoms with van der Waals surface area (Å²) in [5.41, 5.74) is 0. The highest BCUT2D eigenvalue weighted by atomic mass is 127. The third-order valence-electron chi connectivity index (χ3n) is 0. The second-order valence-electron chi connectivity index (χ2n) is 0.267. The van der Waals surface area contributed by atoms with Gasteiger partial charge in [0.1, 0.15) is 0 Å². The van der Waals surface area contributed by atoms with Gasteiger partial charge in [0.2, 0.25) is 0 Å². The lowest BCUT2D eigenvalue weighted by molar-refractivity contribution is 1.58. The molecule has 0 aromatic rings. The third kappa shape index (κ3) is 36.7. The molecule has 0 spiro atoms. The van der Waals surface area contributed by atoms with Crippen LogP contribution in [0.15, 0.2) is 0 Å². The van der Waals surface area contributed by atoms with Crippen LogP contribution in [0.2, 0.25) is 0 Å². The molecule has 0 aliphatic carbocycles. The van der Waals surface area contributed by atoms with E-state index in [1.165, 1.54) is 4.43 Å². The summed E-state index contributed by atoms with van der Waals surface area (Å²) in [7, 11) is 0. The fraction of sp³-hybridized carbons (Fsp3) is 1.00. The van der Waals surface area contributed by atoms with E-state index in [0.717, 1.165) is 0 Å². The molecule has 0 heterocycles. The first kappa shape index (κ1) is 9.51. The summed E-state index contributed by atoms with van der Waals surface area (Å²) in [5.74, 6) is 1.81. The second-order valence-corrected chi connectivity index (χ2v) is 1.79. The van der Waals surface area contributed by atoms with Crippen molar-refractivity contribution >= 4 is 38.5 Å². The van der Waals surface area contributed by atoms with Gasteiger partial charge in [-0.05, 0) is 10.3 Å². The highest BCUT2D eigenvalue weighted by molar-refractivity contribution is 14.1.